The molecule has 0 saturated heterocycles. The van der Waals surface area contributed by atoms with E-state index in [1.54, 1.807) is 66.7 Å². The van der Waals surface area contributed by atoms with Crippen LogP contribution in [0.4, 0.5) is 5.69 Å². The lowest BCUT2D eigenvalue weighted by Crippen LogP contribution is -2.50. The van der Waals surface area contributed by atoms with E-state index in [1.807, 2.05) is 6.07 Å². The first kappa shape index (κ1) is 22.5. The number of halogens is 2. The minimum Gasteiger partial charge on any atom is -0.476 e. The second-order valence-electron chi connectivity index (χ2n) is 7.30. The standard InChI is InChI=1S/C23H20Cl2N2O4S/c24-18-11-10-17(19(25)12-18)13-26-23(28)22-14-27(20-8-4-5-9-21(20)31-22)32(29,30)15-16-6-2-1-3-7-16/h1-12,22H,13-15H2,(H,26,28). The van der Waals surface area contributed by atoms with Gasteiger partial charge in [0.2, 0.25) is 10.0 Å². The van der Waals surface area contributed by atoms with Gasteiger partial charge in [-0.2, -0.15) is 0 Å². The van der Waals surface area contributed by atoms with E-state index >= 15 is 0 Å². The summed E-state index contributed by atoms with van der Waals surface area (Å²) in [6, 6.07) is 20.7. The SMILES string of the molecule is O=C(NCc1ccc(Cl)cc1Cl)C1CN(S(=O)(=O)Cc2ccccc2)c2ccccc2O1. The summed E-state index contributed by atoms with van der Waals surface area (Å²) in [5.41, 5.74) is 1.76. The van der Waals surface area contributed by atoms with Crippen molar-refractivity contribution in [3.63, 3.8) is 0 Å². The van der Waals surface area contributed by atoms with Gasteiger partial charge in [-0.15, -0.1) is 0 Å². The Morgan fingerprint density at radius 2 is 1.75 bits per heavy atom. The van der Waals surface area contributed by atoms with Gasteiger partial charge in [0.15, 0.2) is 6.10 Å². The minimum absolute atomic E-state index is 0.133. The van der Waals surface area contributed by atoms with Crippen molar-refractivity contribution in [2.75, 3.05) is 10.8 Å². The number of hydrogen-bond acceptors (Lipinski definition) is 4. The van der Waals surface area contributed by atoms with Crippen LogP contribution < -0.4 is 14.4 Å². The molecule has 1 aliphatic rings. The Kier molecular flexibility index (Phi) is 6.60. The monoisotopic (exact) mass is 490 g/mol. The van der Waals surface area contributed by atoms with Gasteiger partial charge in [-0.1, -0.05) is 71.7 Å². The van der Waals surface area contributed by atoms with E-state index in [9.17, 15) is 13.2 Å². The maximum Gasteiger partial charge on any atom is 0.263 e. The van der Waals surface area contributed by atoms with Gasteiger partial charge in [-0.3, -0.25) is 9.10 Å². The van der Waals surface area contributed by atoms with Crippen molar-refractivity contribution in [3.8, 4) is 5.75 Å². The predicted octanol–water partition coefficient (Wildman–Crippen LogP) is 4.41. The van der Waals surface area contributed by atoms with Crippen LogP contribution in [-0.4, -0.2) is 27.0 Å². The molecule has 9 heteroatoms. The molecule has 0 radical (unpaired) electrons. The van der Waals surface area contributed by atoms with Gasteiger partial charge in [-0.05, 0) is 35.4 Å². The number of carbonyl (C=O) groups excluding carboxylic acids is 1. The number of anilines is 1. The van der Waals surface area contributed by atoms with Crippen molar-refractivity contribution in [2.45, 2.75) is 18.4 Å². The Bertz CT molecular complexity index is 1240. The van der Waals surface area contributed by atoms with Crippen molar-refractivity contribution in [2.24, 2.45) is 0 Å². The Hall–Kier alpha value is -2.74. The second kappa shape index (κ2) is 9.40. The second-order valence-corrected chi connectivity index (χ2v) is 10.0. The molecule has 0 aromatic heterocycles. The number of nitrogens with one attached hydrogen (secondary N) is 1. The van der Waals surface area contributed by atoms with Gasteiger partial charge in [0.05, 0.1) is 18.0 Å². The van der Waals surface area contributed by atoms with E-state index in [0.29, 0.717) is 32.6 Å². The van der Waals surface area contributed by atoms with Gasteiger partial charge in [0, 0.05) is 16.6 Å². The molecule has 1 atom stereocenters. The van der Waals surface area contributed by atoms with Gasteiger partial charge in [-0.25, -0.2) is 8.42 Å². The highest BCUT2D eigenvalue weighted by Gasteiger charge is 2.36. The summed E-state index contributed by atoms with van der Waals surface area (Å²) >= 11 is 12.1. The summed E-state index contributed by atoms with van der Waals surface area (Å²) in [5, 5.41) is 3.70. The molecule has 32 heavy (non-hydrogen) atoms. The lowest BCUT2D eigenvalue weighted by Gasteiger charge is -2.34. The number of amides is 1. The zero-order valence-electron chi connectivity index (χ0n) is 16.9. The smallest absolute Gasteiger partial charge is 0.263 e. The first-order chi connectivity index (χ1) is 15.3. The summed E-state index contributed by atoms with van der Waals surface area (Å²) in [4.78, 5) is 12.9. The number of ether oxygens (including phenoxy) is 1. The number of nitrogens with zero attached hydrogens (tertiary/aromatic N) is 1. The van der Waals surface area contributed by atoms with Crippen LogP contribution in [0.25, 0.3) is 0 Å². The molecule has 3 aromatic rings. The molecular formula is C23H20Cl2N2O4S. The molecule has 6 nitrogen and oxygen atoms in total. The summed E-state index contributed by atoms with van der Waals surface area (Å²) in [5.74, 6) is -0.290. The van der Waals surface area contributed by atoms with Crippen molar-refractivity contribution >= 4 is 44.8 Å². The quantitative estimate of drug-likeness (QED) is 0.555. The van der Waals surface area contributed by atoms with E-state index in [4.69, 9.17) is 27.9 Å². The number of para-hydroxylation sites is 2. The van der Waals surface area contributed by atoms with Crippen LogP contribution >= 0.6 is 23.2 Å². The van der Waals surface area contributed by atoms with Crippen LogP contribution in [0.1, 0.15) is 11.1 Å². The molecule has 0 saturated carbocycles. The molecule has 0 aliphatic carbocycles. The highest BCUT2D eigenvalue weighted by atomic mass is 35.5. The lowest BCUT2D eigenvalue weighted by atomic mass is 10.2. The molecule has 166 valence electrons. The largest absolute Gasteiger partial charge is 0.476 e. The number of hydrogen-bond donors (Lipinski definition) is 1. The highest BCUT2D eigenvalue weighted by molar-refractivity contribution is 7.92. The molecule has 0 bridgehead atoms. The van der Waals surface area contributed by atoms with Crippen LogP contribution in [0.2, 0.25) is 10.0 Å². The van der Waals surface area contributed by atoms with Crippen LogP contribution in [0.15, 0.2) is 72.8 Å². The molecule has 1 amide bonds. The molecule has 0 spiro atoms. The third kappa shape index (κ3) is 5.01. The summed E-state index contributed by atoms with van der Waals surface area (Å²) in [7, 11) is -3.76. The van der Waals surface area contributed by atoms with Crippen molar-refractivity contribution in [3.05, 3.63) is 94.0 Å². The molecule has 1 N–H and O–H groups in total. The zero-order chi connectivity index (χ0) is 22.7. The number of sulfonamides is 1. The van der Waals surface area contributed by atoms with E-state index in [-0.39, 0.29) is 18.8 Å². The third-order valence-electron chi connectivity index (χ3n) is 5.02. The van der Waals surface area contributed by atoms with Gasteiger partial charge < -0.3 is 10.1 Å². The first-order valence-corrected chi connectivity index (χ1v) is 12.2. The zero-order valence-corrected chi connectivity index (χ0v) is 19.2. The fourth-order valence-corrected chi connectivity index (χ4v) is 5.48. The molecule has 1 unspecified atom stereocenters. The van der Waals surface area contributed by atoms with Crippen molar-refractivity contribution in [1.29, 1.82) is 0 Å². The average Bonchev–Trinajstić information content (AvgIpc) is 2.78. The maximum atomic E-state index is 13.3. The molecular weight excluding hydrogens is 471 g/mol. The number of benzene rings is 3. The van der Waals surface area contributed by atoms with Crippen LogP contribution in [0, 0.1) is 0 Å². The summed E-state index contributed by atoms with van der Waals surface area (Å²) in [6.07, 6.45) is -1.01. The Morgan fingerprint density at radius 3 is 2.50 bits per heavy atom. The van der Waals surface area contributed by atoms with Crippen LogP contribution in [-0.2, 0) is 27.1 Å². The highest BCUT2D eigenvalue weighted by Crippen LogP contribution is 2.35. The average molecular weight is 491 g/mol. The Labute approximate surface area is 196 Å². The number of rotatable bonds is 6. The topological polar surface area (TPSA) is 75.7 Å². The fraction of sp³-hybridized carbons (Fsp3) is 0.174. The fourth-order valence-electron chi connectivity index (χ4n) is 3.43. The van der Waals surface area contributed by atoms with Gasteiger partial charge in [0.1, 0.15) is 5.75 Å². The first-order valence-electron chi connectivity index (χ1n) is 9.85. The van der Waals surface area contributed by atoms with Crippen molar-refractivity contribution < 1.29 is 17.9 Å². The molecule has 4 rings (SSSR count). The molecule has 1 heterocycles. The van der Waals surface area contributed by atoms with Crippen molar-refractivity contribution in [1.82, 2.24) is 5.32 Å². The molecule has 1 aliphatic heterocycles. The number of fused-ring (bicyclic) bond motifs is 1. The molecule has 3 aromatic carbocycles. The maximum absolute atomic E-state index is 13.3. The third-order valence-corrected chi connectivity index (χ3v) is 7.33. The van der Waals surface area contributed by atoms with E-state index in [2.05, 4.69) is 5.32 Å². The van der Waals surface area contributed by atoms with Gasteiger partial charge in [0.25, 0.3) is 5.91 Å². The summed E-state index contributed by atoms with van der Waals surface area (Å²) < 4.78 is 33.6. The van der Waals surface area contributed by atoms with Crippen LogP contribution in [0.3, 0.4) is 0 Å². The number of carbonyl (C=O) groups is 1. The van der Waals surface area contributed by atoms with Gasteiger partial charge >= 0.3 is 0 Å². The Morgan fingerprint density at radius 1 is 1.03 bits per heavy atom. The minimum atomic E-state index is -3.76. The molecule has 0 fully saturated rings. The van der Waals surface area contributed by atoms with E-state index < -0.39 is 22.0 Å². The van der Waals surface area contributed by atoms with E-state index in [0.717, 1.165) is 0 Å². The predicted molar refractivity (Wildman–Crippen MR) is 126 cm³/mol. The normalized spacial score (nSPS) is 15.6. The van der Waals surface area contributed by atoms with E-state index in [1.165, 1.54) is 4.31 Å². The Balaban J connectivity index is 1.54. The van der Waals surface area contributed by atoms with Crippen LogP contribution in [0.5, 0.6) is 5.75 Å². The lowest BCUT2D eigenvalue weighted by molar-refractivity contribution is -0.127. The summed E-state index contributed by atoms with van der Waals surface area (Å²) in [6.45, 7) is 0.0273.